The Bertz CT molecular complexity index is 380. The van der Waals surface area contributed by atoms with E-state index in [0.717, 1.165) is 24.0 Å². The van der Waals surface area contributed by atoms with Gasteiger partial charge in [0.15, 0.2) is 0 Å². The van der Waals surface area contributed by atoms with E-state index in [9.17, 15) is 4.79 Å². The van der Waals surface area contributed by atoms with Crippen LogP contribution in [0.3, 0.4) is 0 Å². The van der Waals surface area contributed by atoms with Crippen LogP contribution < -0.4 is 5.32 Å². The molecule has 0 unspecified atom stereocenters. The summed E-state index contributed by atoms with van der Waals surface area (Å²) in [5.74, 6) is 0. The highest BCUT2D eigenvalue weighted by atomic mass is 16.5. The van der Waals surface area contributed by atoms with E-state index in [1.165, 1.54) is 0 Å². The van der Waals surface area contributed by atoms with Crippen LogP contribution in [-0.4, -0.2) is 18.7 Å². The molecule has 0 saturated heterocycles. The summed E-state index contributed by atoms with van der Waals surface area (Å²) in [6.45, 7) is 9.69. The lowest BCUT2D eigenvalue weighted by Gasteiger charge is -2.14. The van der Waals surface area contributed by atoms with E-state index in [1.54, 1.807) is 6.08 Å². The maximum Gasteiger partial charge on any atom is 0.407 e. The fourth-order valence-electron chi connectivity index (χ4n) is 1.69. The van der Waals surface area contributed by atoms with Gasteiger partial charge >= 0.3 is 6.09 Å². The molecule has 0 spiro atoms. The first-order chi connectivity index (χ1) is 8.61. The maximum absolute atomic E-state index is 11.5. The third-order valence-electron chi connectivity index (χ3n) is 2.66. The third-order valence-corrected chi connectivity index (χ3v) is 2.66. The SMILES string of the molecule is C=CC(=C)C[C@@H](C)NC(=O)OCC1=CCCC=C1. The minimum absolute atomic E-state index is 0.00104. The van der Waals surface area contributed by atoms with Gasteiger partial charge in [0, 0.05) is 6.04 Å². The lowest BCUT2D eigenvalue weighted by atomic mass is 10.1. The quantitative estimate of drug-likeness (QED) is 0.729. The van der Waals surface area contributed by atoms with Crippen molar-refractivity contribution < 1.29 is 9.53 Å². The molecular weight excluding hydrogens is 226 g/mol. The summed E-state index contributed by atoms with van der Waals surface area (Å²) in [4.78, 5) is 11.5. The Labute approximate surface area is 109 Å². The zero-order chi connectivity index (χ0) is 13.4. The molecular formula is C15H21NO2. The Morgan fingerprint density at radius 2 is 2.39 bits per heavy atom. The number of allylic oxidation sites excluding steroid dienone is 3. The van der Waals surface area contributed by atoms with Gasteiger partial charge in [0.05, 0.1) is 0 Å². The molecule has 0 saturated carbocycles. The molecule has 1 rings (SSSR count). The van der Waals surface area contributed by atoms with Crippen LogP contribution in [0.5, 0.6) is 0 Å². The summed E-state index contributed by atoms with van der Waals surface area (Å²) >= 11 is 0. The van der Waals surface area contributed by atoms with Gasteiger partial charge in [-0.15, -0.1) is 0 Å². The summed E-state index contributed by atoms with van der Waals surface area (Å²) in [6.07, 6.45) is 10.3. The standard InChI is InChI=1S/C15H21NO2/c1-4-12(2)10-13(3)16-15(17)18-11-14-8-6-5-7-9-14/h4,6,8-9,13H,1-2,5,7,10-11H2,3H3,(H,16,17)/t13-/m1/s1. The number of hydrogen-bond acceptors (Lipinski definition) is 2. The Morgan fingerprint density at radius 1 is 1.61 bits per heavy atom. The smallest absolute Gasteiger partial charge is 0.407 e. The molecule has 1 amide bonds. The van der Waals surface area contributed by atoms with E-state index < -0.39 is 0 Å². The van der Waals surface area contributed by atoms with E-state index in [-0.39, 0.29) is 12.1 Å². The van der Waals surface area contributed by atoms with Gasteiger partial charge in [0.2, 0.25) is 0 Å². The number of carbonyl (C=O) groups excluding carboxylic acids is 1. The Hall–Kier alpha value is -1.77. The van der Waals surface area contributed by atoms with Gasteiger partial charge in [-0.3, -0.25) is 0 Å². The van der Waals surface area contributed by atoms with E-state index in [4.69, 9.17) is 4.74 Å². The number of carbonyl (C=O) groups is 1. The minimum atomic E-state index is -0.390. The molecule has 3 nitrogen and oxygen atoms in total. The maximum atomic E-state index is 11.5. The van der Waals surface area contributed by atoms with Gasteiger partial charge < -0.3 is 10.1 Å². The predicted molar refractivity (Wildman–Crippen MR) is 74.4 cm³/mol. The second kappa shape index (κ2) is 7.54. The molecule has 3 heteroatoms. The fourth-order valence-corrected chi connectivity index (χ4v) is 1.69. The Kier molecular flexibility index (Phi) is 5.98. The number of hydrogen-bond donors (Lipinski definition) is 1. The second-order valence-corrected chi connectivity index (χ2v) is 4.45. The molecule has 0 aliphatic heterocycles. The van der Waals surface area contributed by atoms with Crippen LogP contribution in [0.1, 0.15) is 26.2 Å². The van der Waals surface area contributed by atoms with Crippen LogP contribution >= 0.6 is 0 Å². The largest absolute Gasteiger partial charge is 0.445 e. The number of rotatable bonds is 6. The van der Waals surface area contributed by atoms with E-state index >= 15 is 0 Å². The summed E-state index contributed by atoms with van der Waals surface area (Å²) < 4.78 is 5.14. The van der Waals surface area contributed by atoms with Crippen molar-refractivity contribution in [2.75, 3.05) is 6.61 Å². The zero-order valence-electron chi connectivity index (χ0n) is 10.9. The second-order valence-electron chi connectivity index (χ2n) is 4.45. The highest BCUT2D eigenvalue weighted by molar-refractivity contribution is 5.67. The summed E-state index contributed by atoms with van der Waals surface area (Å²) in [6, 6.07) is -0.00104. The molecule has 0 bridgehead atoms. The van der Waals surface area contributed by atoms with Crippen LogP contribution in [-0.2, 0) is 4.74 Å². The minimum Gasteiger partial charge on any atom is -0.445 e. The molecule has 0 aromatic heterocycles. The van der Waals surface area contributed by atoms with E-state index in [2.05, 4.69) is 30.6 Å². The molecule has 98 valence electrons. The molecule has 1 atom stereocenters. The van der Waals surface area contributed by atoms with Crippen molar-refractivity contribution >= 4 is 6.09 Å². The van der Waals surface area contributed by atoms with Crippen LogP contribution in [0.2, 0.25) is 0 Å². The van der Waals surface area contributed by atoms with Crippen molar-refractivity contribution in [3.8, 4) is 0 Å². The van der Waals surface area contributed by atoms with Crippen molar-refractivity contribution in [3.05, 3.63) is 48.6 Å². The monoisotopic (exact) mass is 247 g/mol. The number of nitrogens with one attached hydrogen (secondary N) is 1. The molecule has 0 heterocycles. The zero-order valence-corrected chi connectivity index (χ0v) is 10.9. The van der Waals surface area contributed by atoms with Gasteiger partial charge in [-0.25, -0.2) is 4.79 Å². The average Bonchev–Trinajstić information content (AvgIpc) is 2.37. The van der Waals surface area contributed by atoms with Gasteiger partial charge in [-0.1, -0.05) is 43.0 Å². The van der Waals surface area contributed by atoms with Crippen molar-refractivity contribution in [1.29, 1.82) is 0 Å². The lowest BCUT2D eigenvalue weighted by molar-refractivity contribution is 0.153. The predicted octanol–water partition coefficient (Wildman–Crippen LogP) is 3.51. The first kappa shape index (κ1) is 14.3. The van der Waals surface area contributed by atoms with Crippen LogP contribution in [0.15, 0.2) is 48.6 Å². The lowest BCUT2D eigenvalue weighted by Crippen LogP contribution is -2.33. The first-order valence-corrected chi connectivity index (χ1v) is 6.21. The van der Waals surface area contributed by atoms with Crippen molar-refractivity contribution in [1.82, 2.24) is 5.32 Å². The molecule has 0 fully saturated rings. The first-order valence-electron chi connectivity index (χ1n) is 6.21. The van der Waals surface area contributed by atoms with Gasteiger partial charge in [0.25, 0.3) is 0 Å². The summed E-state index contributed by atoms with van der Waals surface area (Å²) in [5, 5.41) is 2.76. The molecule has 1 aliphatic rings. The molecule has 1 aliphatic carbocycles. The molecule has 0 aromatic carbocycles. The highest BCUT2D eigenvalue weighted by Crippen LogP contribution is 2.10. The van der Waals surface area contributed by atoms with Gasteiger partial charge in [-0.05, 0) is 31.8 Å². The number of alkyl carbamates (subject to hydrolysis) is 1. The normalized spacial score (nSPS) is 15.5. The van der Waals surface area contributed by atoms with Crippen molar-refractivity contribution in [3.63, 3.8) is 0 Å². The van der Waals surface area contributed by atoms with E-state index in [1.807, 2.05) is 13.0 Å². The topological polar surface area (TPSA) is 38.3 Å². The molecule has 0 radical (unpaired) electrons. The molecule has 18 heavy (non-hydrogen) atoms. The fraction of sp³-hybridized carbons (Fsp3) is 0.400. The molecule has 1 N–H and O–H groups in total. The van der Waals surface area contributed by atoms with Crippen molar-refractivity contribution in [2.45, 2.75) is 32.2 Å². The number of ether oxygens (including phenoxy) is 1. The van der Waals surface area contributed by atoms with E-state index in [0.29, 0.717) is 13.0 Å². The average molecular weight is 247 g/mol. The summed E-state index contributed by atoms with van der Waals surface area (Å²) in [7, 11) is 0. The third kappa shape index (κ3) is 5.53. The molecule has 0 aromatic rings. The van der Waals surface area contributed by atoms with Crippen LogP contribution in [0.25, 0.3) is 0 Å². The van der Waals surface area contributed by atoms with Crippen molar-refractivity contribution in [2.24, 2.45) is 0 Å². The van der Waals surface area contributed by atoms with Crippen LogP contribution in [0, 0.1) is 0 Å². The van der Waals surface area contributed by atoms with Crippen LogP contribution in [0.4, 0.5) is 4.79 Å². The number of amides is 1. The van der Waals surface area contributed by atoms with Gasteiger partial charge in [0.1, 0.15) is 6.61 Å². The summed E-state index contributed by atoms with van der Waals surface area (Å²) in [5.41, 5.74) is 1.96. The Balaban J connectivity index is 2.24. The Morgan fingerprint density at radius 3 is 3.00 bits per heavy atom. The van der Waals surface area contributed by atoms with Gasteiger partial charge in [-0.2, -0.15) is 0 Å². The highest BCUT2D eigenvalue weighted by Gasteiger charge is 2.09.